The molecule has 0 aliphatic carbocycles. The van der Waals surface area contributed by atoms with Crippen LogP contribution in [-0.4, -0.2) is 79.6 Å². The average Bonchev–Trinajstić information content (AvgIpc) is 3.31. The smallest absolute Gasteiger partial charge is 0.308 e. The number of carboxylic acid groups (broad SMARTS) is 1. The first-order valence-electron chi connectivity index (χ1n) is 10.1. The summed E-state index contributed by atoms with van der Waals surface area (Å²) in [6.45, 7) is 8.22. The highest BCUT2D eigenvalue weighted by atomic mass is 32.2. The van der Waals surface area contributed by atoms with Gasteiger partial charge in [-0.15, -0.1) is 18.3 Å². The first-order valence-corrected chi connectivity index (χ1v) is 10.9. The molecule has 0 radical (unpaired) electrons. The fourth-order valence-electron chi connectivity index (χ4n) is 5.18. The number of carboxylic acids is 1. The molecule has 2 bridgehead atoms. The Hall–Kier alpha value is -1.54. The minimum atomic E-state index is -0.962. The number of thioether (sulfide) groups is 1. The summed E-state index contributed by atoms with van der Waals surface area (Å²) in [7, 11) is 0. The molecule has 3 aliphatic rings. The first-order chi connectivity index (χ1) is 13.3. The second-order valence-electron chi connectivity index (χ2n) is 8.10. The third-order valence-corrected chi connectivity index (χ3v) is 8.39. The zero-order valence-electron chi connectivity index (χ0n) is 16.5. The normalized spacial score (nSPS) is 34.4. The van der Waals surface area contributed by atoms with E-state index in [1.807, 2.05) is 0 Å². The molecule has 3 saturated heterocycles. The van der Waals surface area contributed by atoms with E-state index in [0.29, 0.717) is 25.9 Å². The average molecular weight is 411 g/mol. The van der Waals surface area contributed by atoms with Crippen molar-refractivity contribution >= 4 is 29.5 Å². The minimum Gasteiger partial charge on any atom is -0.481 e. The first kappa shape index (κ1) is 21.2. The summed E-state index contributed by atoms with van der Waals surface area (Å²) >= 11 is 1.52. The zero-order valence-corrected chi connectivity index (χ0v) is 17.4. The van der Waals surface area contributed by atoms with E-state index in [1.54, 1.807) is 17.9 Å². The fraction of sp³-hybridized carbons (Fsp3) is 0.750. The van der Waals surface area contributed by atoms with Gasteiger partial charge in [-0.05, 0) is 26.2 Å². The highest BCUT2D eigenvalue weighted by molar-refractivity contribution is 8.02. The highest BCUT2D eigenvalue weighted by Gasteiger charge is 2.74. The van der Waals surface area contributed by atoms with Crippen molar-refractivity contribution in [2.24, 2.45) is 11.8 Å². The number of aliphatic hydroxyl groups excluding tert-OH is 1. The second kappa shape index (κ2) is 8.06. The molecule has 3 heterocycles. The molecule has 0 aromatic heterocycles. The Balaban J connectivity index is 2.03. The van der Waals surface area contributed by atoms with Gasteiger partial charge in [-0.1, -0.05) is 19.4 Å². The topological polar surface area (TPSA) is 98.2 Å². The van der Waals surface area contributed by atoms with Gasteiger partial charge < -0.3 is 20.0 Å². The third-order valence-electron chi connectivity index (χ3n) is 6.44. The van der Waals surface area contributed by atoms with Crippen molar-refractivity contribution in [2.75, 3.05) is 19.7 Å². The predicted molar refractivity (Wildman–Crippen MR) is 107 cm³/mol. The van der Waals surface area contributed by atoms with Gasteiger partial charge in [-0.3, -0.25) is 14.4 Å². The van der Waals surface area contributed by atoms with Crippen molar-refractivity contribution in [1.82, 2.24) is 9.80 Å². The number of aliphatic hydroxyl groups is 1. The largest absolute Gasteiger partial charge is 0.481 e. The number of likely N-dealkylation sites (tertiary alicyclic amines) is 1. The Kier molecular flexibility index (Phi) is 6.10. The summed E-state index contributed by atoms with van der Waals surface area (Å²) in [4.78, 5) is 42.2. The Labute approximate surface area is 170 Å². The van der Waals surface area contributed by atoms with Crippen LogP contribution in [-0.2, 0) is 14.4 Å². The summed E-state index contributed by atoms with van der Waals surface area (Å²) in [5.41, 5.74) is 0. The number of carbonyl (C=O) groups excluding carboxylic acids is 2. The standard InChI is InChI=1S/C20H30N2O5S/c1-4-6-10-21(9-5-2)18(25)16-20-8-7-13(28-20)14(19(26)27)15(20)17(24)22(16)12(3)11-23/h5,12-16,23H,2,4,6-11H2,1,3H3,(H,26,27)/t12-,13+,14-,15+,16?,20?/m1/s1. The van der Waals surface area contributed by atoms with Crippen LogP contribution >= 0.6 is 11.8 Å². The molecule has 2 unspecified atom stereocenters. The molecular weight excluding hydrogens is 380 g/mol. The van der Waals surface area contributed by atoms with Crippen LogP contribution in [0.25, 0.3) is 0 Å². The van der Waals surface area contributed by atoms with Crippen LogP contribution in [0.3, 0.4) is 0 Å². The van der Waals surface area contributed by atoms with Crippen LogP contribution in [0, 0.1) is 11.8 Å². The minimum absolute atomic E-state index is 0.128. The SMILES string of the molecule is C=CCN(CCCC)C(=O)C1N([C@H](C)CO)C(=O)[C@@H]2[C@H](C(=O)O)[C@@H]3CCC12S3. The Morgan fingerprint density at radius 2 is 2.21 bits per heavy atom. The summed E-state index contributed by atoms with van der Waals surface area (Å²) in [6, 6.07) is -1.27. The van der Waals surface area contributed by atoms with Crippen molar-refractivity contribution in [3.63, 3.8) is 0 Å². The summed E-state index contributed by atoms with van der Waals surface area (Å²) in [6.07, 6.45) is 4.82. The van der Waals surface area contributed by atoms with Crippen molar-refractivity contribution in [3.8, 4) is 0 Å². The maximum atomic E-state index is 13.7. The van der Waals surface area contributed by atoms with Crippen LogP contribution in [0.1, 0.15) is 39.5 Å². The van der Waals surface area contributed by atoms with Gasteiger partial charge in [0, 0.05) is 18.3 Å². The van der Waals surface area contributed by atoms with Crippen molar-refractivity contribution < 1.29 is 24.6 Å². The van der Waals surface area contributed by atoms with Gasteiger partial charge in [-0.2, -0.15) is 0 Å². The van der Waals surface area contributed by atoms with Crippen molar-refractivity contribution in [3.05, 3.63) is 12.7 Å². The molecule has 3 fully saturated rings. The molecule has 3 rings (SSSR count). The van der Waals surface area contributed by atoms with Gasteiger partial charge in [0.05, 0.1) is 29.2 Å². The number of unbranched alkanes of at least 4 members (excludes halogenated alkanes) is 1. The summed E-state index contributed by atoms with van der Waals surface area (Å²) in [5.74, 6) is -2.87. The monoisotopic (exact) mass is 410 g/mol. The van der Waals surface area contributed by atoms with E-state index < -0.39 is 34.6 Å². The van der Waals surface area contributed by atoms with Crippen LogP contribution in [0.15, 0.2) is 12.7 Å². The van der Waals surface area contributed by atoms with Gasteiger partial charge in [0.1, 0.15) is 6.04 Å². The van der Waals surface area contributed by atoms with Crippen LogP contribution < -0.4 is 0 Å². The molecule has 3 aliphatic heterocycles. The van der Waals surface area contributed by atoms with Gasteiger partial charge in [0.15, 0.2) is 0 Å². The van der Waals surface area contributed by atoms with Crippen molar-refractivity contribution in [1.29, 1.82) is 0 Å². The molecule has 6 atom stereocenters. The lowest BCUT2D eigenvalue weighted by Crippen LogP contribution is -2.57. The Morgan fingerprint density at radius 3 is 2.79 bits per heavy atom. The van der Waals surface area contributed by atoms with Gasteiger partial charge in [-0.25, -0.2) is 0 Å². The van der Waals surface area contributed by atoms with Gasteiger partial charge in [0.2, 0.25) is 11.8 Å². The number of hydrogen-bond donors (Lipinski definition) is 2. The van der Waals surface area contributed by atoms with Gasteiger partial charge >= 0.3 is 5.97 Å². The van der Waals surface area contributed by atoms with Gasteiger partial charge in [0.25, 0.3) is 0 Å². The maximum absolute atomic E-state index is 13.7. The lowest BCUT2D eigenvalue weighted by molar-refractivity contribution is -0.149. The molecule has 1 spiro atoms. The van der Waals surface area contributed by atoms with Crippen LogP contribution in [0.2, 0.25) is 0 Å². The fourth-order valence-corrected chi connectivity index (χ4v) is 7.38. The number of nitrogens with zero attached hydrogens (tertiary/aromatic N) is 2. The molecule has 7 nitrogen and oxygen atoms in total. The summed E-state index contributed by atoms with van der Waals surface area (Å²) < 4.78 is -0.711. The molecule has 28 heavy (non-hydrogen) atoms. The van der Waals surface area contributed by atoms with E-state index in [9.17, 15) is 24.6 Å². The number of carbonyl (C=O) groups is 3. The molecule has 2 amide bonds. The van der Waals surface area contributed by atoms with Crippen molar-refractivity contribution in [2.45, 2.75) is 61.6 Å². The second-order valence-corrected chi connectivity index (χ2v) is 9.70. The van der Waals surface area contributed by atoms with E-state index in [0.717, 1.165) is 12.8 Å². The molecule has 8 heteroatoms. The maximum Gasteiger partial charge on any atom is 0.308 e. The molecular formula is C20H30N2O5S. The predicted octanol–water partition coefficient (Wildman–Crippen LogP) is 1.36. The van der Waals surface area contributed by atoms with E-state index in [2.05, 4.69) is 13.5 Å². The van der Waals surface area contributed by atoms with E-state index in [4.69, 9.17) is 0 Å². The Morgan fingerprint density at radius 1 is 1.50 bits per heavy atom. The molecule has 156 valence electrons. The lowest BCUT2D eigenvalue weighted by atomic mass is 9.71. The van der Waals surface area contributed by atoms with E-state index in [-0.39, 0.29) is 23.7 Å². The van der Waals surface area contributed by atoms with Crippen LogP contribution in [0.5, 0.6) is 0 Å². The molecule has 2 N–H and O–H groups in total. The zero-order chi connectivity index (χ0) is 20.6. The number of rotatable bonds is 9. The molecule has 0 aromatic carbocycles. The number of fused-ring (bicyclic) bond motifs is 1. The van der Waals surface area contributed by atoms with E-state index >= 15 is 0 Å². The number of hydrogen-bond acceptors (Lipinski definition) is 5. The van der Waals surface area contributed by atoms with Crippen LogP contribution in [0.4, 0.5) is 0 Å². The lowest BCUT2D eigenvalue weighted by Gasteiger charge is -2.38. The molecule has 0 aromatic rings. The number of aliphatic carboxylic acids is 1. The highest BCUT2D eigenvalue weighted by Crippen LogP contribution is 2.66. The van der Waals surface area contributed by atoms with E-state index in [1.165, 1.54) is 16.7 Å². The molecule has 0 saturated carbocycles. The number of amides is 2. The quantitative estimate of drug-likeness (QED) is 0.557. The summed E-state index contributed by atoms with van der Waals surface area (Å²) in [5, 5.41) is 19.4. The third kappa shape index (κ3) is 3.05. The Bertz CT molecular complexity index is 671.